The highest BCUT2D eigenvalue weighted by molar-refractivity contribution is 5.99. The van der Waals surface area contributed by atoms with Crippen LogP contribution in [0.3, 0.4) is 0 Å². The first kappa shape index (κ1) is 18.5. The number of ketones is 1. The molecule has 0 heterocycles. The number of nitrogens with one attached hydrogen (secondary N) is 1. The van der Waals surface area contributed by atoms with Gasteiger partial charge in [-0.15, -0.1) is 0 Å². The fourth-order valence-electron chi connectivity index (χ4n) is 2.84. The second-order valence-corrected chi connectivity index (χ2v) is 6.09. The predicted octanol–water partition coefficient (Wildman–Crippen LogP) is 4.32. The van der Waals surface area contributed by atoms with Gasteiger partial charge in [0.15, 0.2) is 5.78 Å². The Hall–Kier alpha value is -3.34. The summed E-state index contributed by atoms with van der Waals surface area (Å²) in [5.74, 6) is 0.337. The van der Waals surface area contributed by atoms with E-state index in [1.807, 2.05) is 42.5 Å². The Labute approximate surface area is 157 Å². The molecule has 0 fully saturated rings. The van der Waals surface area contributed by atoms with Crippen molar-refractivity contribution >= 4 is 28.2 Å². The summed E-state index contributed by atoms with van der Waals surface area (Å²) in [5, 5.41) is 5.07. The summed E-state index contributed by atoms with van der Waals surface area (Å²) in [4.78, 5) is 23.9. The molecule has 3 rings (SSSR count). The van der Waals surface area contributed by atoms with Gasteiger partial charge >= 0.3 is 5.97 Å². The Morgan fingerprint density at radius 1 is 0.963 bits per heavy atom. The van der Waals surface area contributed by atoms with Crippen molar-refractivity contribution < 1.29 is 19.1 Å². The average molecular weight is 363 g/mol. The van der Waals surface area contributed by atoms with Crippen LogP contribution in [0.1, 0.15) is 27.6 Å². The zero-order valence-electron chi connectivity index (χ0n) is 15.3. The number of Topliss-reactive ketones (excluding diaryl/α,β-unsaturated/α-hetero) is 1. The maximum atomic E-state index is 12.3. The second-order valence-electron chi connectivity index (χ2n) is 6.09. The topological polar surface area (TPSA) is 64.6 Å². The van der Waals surface area contributed by atoms with Crippen molar-refractivity contribution in [2.24, 2.45) is 0 Å². The number of ether oxygens (including phenoxy) is 2. The maximum Gasteiger partial charge on any atom is 0.338 e. The van der Waals surface area contributed by atoms with E-state index >= 15 is 0 Å². The molecule has 0 saturated carbocycles. The highest BCUT2D eigenvalue weighted by Gasteiger charge is 2.09. The van der Waals surface area contributed by atoms with Crippen LogP contribution >= 0.6 is 0 Å². The molecule has 0 radical (unpaired) electrons. The van der Waals surface area contributed by atoms with E-state index in [0.29, 0.717) is 17.7 Å². The van der Waals surface area contributed by atoms with Crippen molar-refractivity contribution in [2.75, 3.05) is 25.6 Å². The molecule has 5 nitrogen and oxygen atoms in total. The number of anilines is 1. The van der Waals surface area contributed by atoms with Crippen LogP contribution in [0.15, 0.2) is 60.7 Å². The molecule has 0 amide bonds. The first-order valence-corrected chi connectivity index (χ1v) is 8.67. The number of carbonyl (C=O) groups is 2. The van der Waals surface area contributed by atoms with Gasteiger partial charge in [0.1, 0.15) is 12.4 Å². The molecule has 27 heavy (non-hydrogen) atoms. The summed E-state index contributed by atoms with van der Waals surface area (Å²) in [6.45, 7) is 2.13. The Bertz CT molecular complexity index is 981. The molecule has 0 atom stereocenters. The lowest BCUT2D eigenvalue weighted by molar-refractivity contribution is 0.0520. The Morgan fingerprint density at radius 3 is 2.52 bits per heavy atom. The Morgan fingerprint density at radius 2 is 1.74 bits per heavy atom. The van der Waals surface area contributed by atoms with Crippen molar-refractivity contribution in [3.05, 3.63) is 71.8 Å². The van der Waals surface area contributed by atoms with Crippen molar-refractivity contribution in [3.63, 3.8) is 0 Å². The van der Waals surface area contributed by atoms with E-state index in [0.717, 1.165) is 22.2 Å². The number of para-hydroxylation sites is 1. The molecule has 0 aromatic heterocycles. The summed E-state index contributed by atoms with van der Waals surface area (Å²) in [6, 6.07) is 18.4. The van der Waals surface area contributed by atoms with E-state index in [2.05, 4.69) is 5.32 Å². The van der Waals surface area contributed by atoms with Crippen LogP contribution in [0.5, 0.6) is 5.75 Å². The van der Waals surface area contributed by atoms with Crippen molar-refractivity contribution in [3.8, 4) is 5.75 Å². The van der Waals surface area contributed by atoms with Gasteiger partial charge in [0, 0.05) is 17.8 Å². The molecule has 0 aliphatic rings. The van der Waals surface area contributed by atoms with Gasteiger partial charge < -0.3 is 14.8 Å². The number of hydrogen-bond donors (Lipinski definition) is 1. The van der Waals surface area contributed by atoms with Gasteiger partial charge in [0.25, 0.3) is 0 Å². The molecule has 3 aromatic carbocycles. The van der Waals surface area contributed by atoms with Crippen molar-refractivity contribution in [1.82, 2.24) is 0 Å². The lowest BCUT2D eigenvalue weighted by atomic mass is 10.1. The molecule has 0 spiro atoms. The number of rotatable bonds is 7. The third kappa shape index (κ3) is 4.44. The van der Waals surface area contributed by atoms with Crippen LogP contribution in [0, 0.1) is 0 Å². The standard InChI is InChI=1S/C22H21NO4/c1-15(24)20-5-3-4-6-21(20)23-11-12-27-22(25)17-8-7-16-9-10-19(26-2)14-18(16)13-17/h3-10,13-14,23H,11-12H2,1-2H3. The summed E-state index contributed by atoms with van der Waals surface area (Å²) in [5.41, 5.74) is 1.84. The van der Waals surface area contributed by atoms with Crippen molar-refractivity contribution in [2.45, 2.75) is 6.92 Å². The van der Waals surface area contributed by atoms with E-state index in [1.54, 1.807) is 25.3 Å². The minimum atomic E-state index is -0.388. The quantitative estimate of drug-likeness (QED) is 0.385. The van der Waals surface area contributed by atoms with E-state index in [-0.39, 0.29) is 18.4 Å². The molecule has 138 valence electrons. The van der Waals surface area contributed by atoms with Crippen LogP contribution in [0.25, 0.3) is 10.8 Å². The zero-order chi connectivity index (χ0) is 19.2. The van der Waals surface area contributed by atoms with Gasteiger partial charge in [-0.3, -0.25) is 4.79 Å². The molecule has 0 aliphatic carbocycles. The van der Waals surface area contributed by atoms with Gasteiger partial charge in [0.05, 0.1) is 12.7 Å². The molecule has 0 unspecified atom stereocenters. The zero-order valence-corrected chi connectivity index (χ0v) is 15.3. The second kappa shape index (κ2) is 8.36. The number of fused-ring (bicyclic) bond motifs is 1. The van der Waals surface area contributed by atoms with Crippen LogP contribution < -0.4 is 10.1 Å². The monoisotopic (exact) mass is 363 g/mol. The van der Waals surface area contributed by atoms with E-state index in [9.17, 15) is 9.59 Å². The average Bonchev–Trinajstić information content (AvgIpc) is 2.70. The third-order valence-corrected chi connectivity index (χ3v) is 4.24. The van der Waals surface area contributed by atoms with Crippen LogP contribution in [-0.4, -0.2) is 32.0 Å². The summed E-state index contributed by atoms with van der Waals surface area (Å²) < 4.78 is 10.6. The van der Waals surface area contributed by atoms with Gasteiger partial charge in [-0.05, 0) is 54.1 Å². The molecule has 3 aromatic rings. The number of hydrogen-bond acceptors (Lipinski definition) is 5. The first-order valence-electron chi connectivity index (χ1n) is 8.67. The number of methoxy groups -OCH3 is 1. The van der Waals surface area contributed by atoms with E-state index < -0.39 is 0 Å². The maximum absolute atomic E-state index is 12.3. The van der Waals surface area contributed by atoms with Gasteiger partial charge in [-0.1, -0.05) is 24.3 Å². The van der Waals surface area contributed by atoms with Gasteiger partial charge in [-0.25, -0.2) is 4.79 Å². The van der Waals surface area contributed by atoms with E-state index in [4.69, 9.17) is 9.47 Å². The molecule has 0 saturated heterocycles. The molecular weight excluding hydrogens is 342 g/mol. The largest absolute Gasteiger partial charge is 0.497 e. The number of esters is 1. The minimum Gasteiger partial charge on any atom is -0.497 e. The van der Waals surface area contributed by atoms with Crippen molar-refractivity contribution in [1.29, 1.82) is 0 Å². The lowest BCUT2D eigenvalue weighted by Gasteiger charge is -2.11. The first-order chi connectivity index (χ1) is 13.1. The summed E-state index contributed by atoms with van der Waals surface area (Å²) in [7, 11) is 1.61. The molecule has 0 aliphatic heterocycles. The Balaban J connectivity index is 1.60. The van der Waals surface area contributed by atoms with Crippen LogP contribution in [0.2, 0.25) is 0 Å². The number of benzene rings is 3. The normalized spacial score (nSPS) is 10.4. The molecular formula is C22H21NO4. The lowest BCUT2D eigenvalue weighted by Crippen LogP contribution is -2.15. The van der Waals surface area contributed by atoms with Gasteiger partial charge in [-0.2, -0.15) is 0 Å². The minimum absolute atomic E-state index is 0.0123. The highest BCUT2D eigenvalue weighted by Crippen LogP contribution is 2.22. The molecule has 1 N–H and O–H groups in total. The van der Waals surface area contributed by atoms with Crippen LogP contribution in [0.4, 0.5) is 5.69 Å². The smallest absolute Gasteiger partial charge is 0.338 e. The van der Waals surface area contributed by atoms with Crippen LogP contribution in [-0.2, 0) is 4.74 Å². The Kier molecular flexibility index (Phi) is 5.71. The predicted molar refractivity (Wildman–Crippen MR) is 106 cm³/mol. The highest BCUT2D eigenvalue weighted by atomic mass is 16.5. The number of carbonyl (C=O) groups excluding carboxylic acids is 2. The molecule has 0 bridgehead atoms. The fourth-order valence-corrected chi connectivity index (χ4v) is 2.84. The fraction of sp³-hybridized carbons (Fsp3) is 0.182. The van der Waals surface area contributed by atoms with Gasteiger partial charge in [0.2, 0.25) is 0 Å². The molecule has 5 heteroatoms. The summed E-state index contributed by atoms with van der Waals surface area (Å²) in [6.07, 6.45) is 0. The SMILES string of the molecule is COc1ccc2ccc(C(=O)OCCNc3ccccc3C(C)=O)cc2c1. The van der Waals surface area contributed by atoms with E-state index in [1.165, 1.54) is 6.92 Å². The summed E-state index contributed by atoms with van der Waals surface area (Å²) >= 11 is 0. The third-order valence-electron chi connectivity index (χ3n) is 4.24.